The van der Waals surface area contributed by atoms with E-state index < -0.39 is 47.4 Å². The van der Waals surface area contributed by atoms with Crippen molar-refractivity contribution in [3.05, 3.63) is 144 Å². The number of hydrogen-bond donors (Lipinski definition) is 4. The number of hydrogen-bond acceptors (Lipinski definition) is 6. The van der Waals surface area contributed by atoms with Gasteiger partial charge in [0.2, 0.25) is 0 Å². The van der Waals surface area contributed by atoms with Crippen molar-refractivity contribution in [3.8, 4) is 22.3 Å². The first-order valence-corrected chi connectivity index (χ1v) is 18.4. The number of aliphatic carboxylic acids is 2. The summed E-state index contributed by atoms with van der Waals surface area (Å²) in [5.74, 6) is -2.09. The van der Waals surface area contributed by atoms with Crippen molar-refractivity contribution in [1.82, 2.24) is 10.6 Å². The predicted molar refractivity (Wildman–Crippen MR) is 220 cm³/mol. The number of nitrogens with one attached hydrogen (secondary N) is 2. The molecule has 56 heavy (non-hydrogen) atoms. The Morgan fingerprint density at radius 2 is 1.00 bits per heavy atom. The number of ether oxygens (including phenoxy) is 2. The van der Waals surface area contributed by atoms with Gasteiger partial charge in [-0.3, -0.25) is 0 Å². The molecule has 0 radical (unpaired) electrons. The van der Waals surface area contributed by atoms with E-state index in [2.05, 4.69) is 17.2 Å². The van der Waals surface area contributed by atoms with E-state index in [0.717, 1.165) is 33.4 Å². The van der Waals surface area contributed by atoms with E-state index in [4.69, 9.17) is 19.7 Å². The SMILES string of the molecule is C/C(=C\C(Cc1ccc(-c2ccccc2)cc1)NC(=O)OC(C)(C)C)C(=O)O.C=C(CC(Cc1ccc(-c2ccccc2)cc1)NC(=O)OC(C)(C)C)C(=O)O. The summed E-state index contributed by atoms with van der Waals surface area (Å²) >= 11 is 0. The zero-order chi connectivity index (χ0) is 41.5. The van der Waals surface area contributed by atoms with Crippen LogP contribution in [0.1, 0.15) is 66.0 Å². The van der Waals surface area contributed by atoms with Crippen LogP contribution < -0.4 is 10.6 Å². The second-order valence-electron chi connectivity index (χ2n) is 15.4. The molecule has 0 saturated heterocycles. The fourth-order valence-corrected chi connectivity index (χ4v) is 5.48. The first-order valence-electron chi connectivity index (χ1n) is 18.4. The molecule has 4 N–H and O–H groups in total. The van der Waals surface area contributed by atoms with E-state index in [9.17, 15) is 19.2 Å². The van der Waals surface area contributed by atoms with Crippen LogP contribution in [0.2, 0.25) is 0 Å². The maximum Gasteiger partial charge on any atom is 0.408 e. The molecule has 0 fully saturated rings. The first kappa shape index (κ1) is 44.2. The largest absolute Gasteiger partial charge is 0.478 e. The maximum absolute atomic E-state index is 12.1. The molecule has 0 aromatic heterocycles. The average molecular weight is 763 g/mol. The smallest absolute Gasteiger partial charge is 0.408 e. The number of amides is 2. The van der Waals surface area contributed by atoms with Gasteiger partial charge in [0, 0.05) is 17.2 Å². The van der Waals surface area contributed by atoms with Crippen LogP contribution in [0.4, 0.5) is 9.59 Å². The summed E-state index contributed by atoms with van der Waals surface area (Å²) in [6.45, 7) is 15.8. The molecule has 0 aliphatic heterocycles. The summed E-state index contributed by atoms with van der Waals surface area (Å²) in [4.78, 5) is 46.6. The molecule has 0 spiro atoms. The van der Waals surface area contributed by atoms with Crippen LogP contribution >= 0.6 is 0 Å². The average Bonchev–Trinajstić information content (AvgIpc) is 3.11. The summed E-state index contributed by atoms with van der Waals surface area (Å²) in [5.41, 5.74) is 5.36. The van der Waals surface area contributed by atoms with Gasteiger partial charge in [-0.25, -0.2) is 19.2 Å². The van der Waals surface area contributed by atoms with Crippen molar-refractivity contribution >= 4 is 24.1 Å². The van der Waals surface area contributed by atoms with Crippen LogP contribution in [0, 0.1) is 0 Å². The van der Waals surface area contributed by atoms with E-state index >= 15 is 0 Å². The lowest BCUT2D eigenvalue weighted by Crippen LogP contribution is -2.40. The molecule has 0 aliphatic carbocycles. The highest BCUT2D eigenvalue weighted by Crippen LogP contribution is 2.22. The molecular formula is C46H54N2O8. The number of carbonyl (C=O) groups is 4. The summed E-state index contributed by atoms with van der Waals surface area (Å²) in [5, 5.41) is 23.8. The minimum atomic E-state index is -1.07. The monoisotopic (exact) mass is 762 g/mol. The lowest BCUT2D eigenvalue weighted by Gasteiger charge is -2.24. The van der Waals surface area contributed by atoms with Gasteiger partial charge in [-0.05, 0) is 101 Å². The van der Waals surface area contributed by atoms with Crippen LogP contribution in [0.15, 0.2) is 133 Å². The van der Waals surface area contributed by atoms with Crippen LogP contribution in [0.3, 0.4) is 0 Å². The quantitative estimate of drug-likeness (QED) is 0.0984. The lowest BCUT2D eigenvalue weighted by molar-refractivity contribution is -0.133. The summed E-state index contributed by atoms with van der Waals surface area (Å²) in [6, 6.07) is 35.1. The van der Waals surface area contributed by atoms with Gasteiger partial charge < -0.3 is 30.3 Å². The highest BCUT2D eigenvalue weighted by atomic mass is 16.6. The Kier molecular flexibility index (Phi) is 16.2. The molecule has 4 rings (SSSR count). The van der Waals surface area contributed by atoms with E-state index in [1.165, 1.54) is 13.0 Å². The van der Waals surface area contributed by atoms with Crippen molar-refractivity contribution in [3.63, 3.8) is 0 Å². The Balaban J connectivity index is 0.000000300. The number of rotatable bonds is 13. The van der Waals surface area contributed by atoms with Crippen LogP contribution in [0.5, 0.6) is 0 Å². The molecule has 2 unspecified atom stereocenters. The van der Waals surface area contributed by atoms with Crippen molar-refractivity contribution in [2.75, 3.05) is 0 Å². The number of carboxylic acids is 2. The van der Waals surface area contributed by atoms with Gasteiger partial charge in [0.25, 0.3) is 0 Å². The highest BCUT2D eigenvalue weighted by molar-refractivity contribution is 5.86. The van der Waals surface area contributed by atoms with E-state index in [-0.39, 0.29) is 17.6 Å². The van der Waals surface area contributed by atoms with Gasteiger partial charge in [-0.1, -0.05) is 122 Å². The van der Waals surface area contributed by atoms with E-state index in [0.29, 0.717) is 12.8 Å². The number of alkyl carbamates (subject to hydrolysis) is 2. The molecule has 2 amide bonds. The third-order valence-electron chi connectivity index (χ3n) is 8.07. The topological polar surface area (TPSA) is 151 Å². The third kappa shape index (κ3) is 16.5. The third-order valence-corrected chi connectivity index (χ3v) is 8.07. The van der Waals surface area contributed by atoms with Crippen molar-refractivity contribution in [2.24, 2.45) is 0 Å². The van der Waals surface area contributed by atoms with Crippen molar-refractivity contribution in [2.45, 2.75) is 91.0 Å². The fourth-order valence-electron chi connectivity index (χ4n) is 5.48. The summed E-state index contributed by atoms with van der Waals surface area (Å²) in [6.07, 6.45) is 1.45. The Morgan fingerprint density at radius 3 is 1.39 bits per heavy atom. The number of carboxylic acid groups (broad SMARTS) is 2. The molecule has 10 nitrogen and oxygen atoms in total. The maximum atomic E-state index is 12.1. The zero-order valence-corrected chi connectivity index (χ0v) is 33.3. The normalized spacial score (nSPS) is 12.5. The van der Waals surface area contributed by atoms with Gasteiger partial charge in [0.15, 0.2) is 0 Å². The number of carbonyl (C=O) groups excluding carboxylic acids is 2. The fraction of sp³-hybridized carbons (Fsp3) is 0.304. The second-order valence-corrected chi connectivity index (χ2v) is 15.4. The highest BCUT2D eigenvalue weighted by Gasteiger charge is 2.22. The Labute approximate surface area is 330 Å². The van der Waals surface area contributed by atoms with Crippen LogP contribution in [0.25, 0.3) is 22.3 Å². The van der Waals surface area contributed by atoms with Gasteiger partial charge in [-0.2, -0.15) is 0 Å². The van der Waals surface area contributed by atoms with E-state index in [1.54, 1.807) is 41.5 Å². The van der Waals surface area contributed by atoms with Crippen LogP contribution in [-0.4, -0.2) is 57.6 Å². The van der Waals surface area contributed by atoms with Gasteiger partial charge in [0.05, 0.1) is 6.04 Å². The molecule has 10 heteroatoms. The molecule has 0 aliphatic rings. The summed E-state index contributed by atoms with van der Waals surface area (Å²) < 4.78 is 10.6. The first-order chi connectivity index (χ1) is 26.3. The minimum Gasteiger partial charge on any atom is -0.478 e. The molecule has 4 aromatic rings. The molecule has 2 atom stereocenters. The molecule has 0 heterocycles. The van der Waals surface area contributed by atoms with Gasteiger partial charge in [-0.15, -0.1) is 0 Å². The van der Waals surface area contributed by atoms with Crippen LogP contribution in [-0.2, 0) is 31.9 Å². The Bertz CT molecular complexity index is 1940. The summed E-state index contributed by atoms with van der Waals surface area (Å²) in [7, 11) is 0. The Hall–Kier alpha value is -6.16. The zero-order valence-electron chi connectivity index (χ0n) is 33.3. The van der Waals surface area contributed by atoms with E-state index in [1.807, 2.05) is 109 Å². The van der Waals surface area contributed by atoms with Gasteiger partial charge >= 0.3 is 24.1 Å². The molecule has 0 bridgehead atoms. The second kappa shape index (κ2) is 20.5. The molecule has 0 saturated carbocycles. The lowest BCUT2D eigenvalue weighted by atomic mass is 9.97. The minimum absolute atomic E-state index is 0.0435. The Morgan fingerprint density at radius 1 is 0.607 bits per heavy atom. The molecule has 296 valence electrons. The van der Waals surface area contributed by atoms with Crippen molar-refractivity contribution in [1.29, 1.82) is 0 Å². The molecular weight excluding hydrogens is 709 g/mol. The predicted octanol–water partition coefficient (Wildman–Crippen LogP) is 9.64. The number of benzene rings is 4. The van der Waals surface area contributed by atoms with Crippen molar-refractivity contribution < 1.29 is 38.9 Å². The standard InChI is InChI=1S/2C23H27NO4/c2*1-16(21(25)26)14-20(24-22(27)28-23(2,3)4)15-17-10-12-19(13-11-17)18-8-6-5-7-9-18/h5-14,20H,15H2,1-4H3,(H,24,27)(H,25,26);5-13,20H,1,14-15H2,2-4H3,(H,24,27)(H,25,26)/b16-14+;. The van der Waals surface area contributed by atoms with Gasteiger partial charge in [0.1, 0.15) is 11.2 Å². The molecule has 4 aromatic carbocycles.